The van der Waals surface area contributed by atoms with E-state index >= 15 is 0 Å². The van der Waals surface area contributed by atoms with Crippen LogP contribution >= 0.6 is 0 Å². The molecule has 0 saturated carbocycles. The van der Waals surface area contributed by atoms with Crippen LogP contribution < -0.4 is 15.4 Å². The quantitative estimate of drug-likeness (QED) is 0.627. The van der Waals surface area contributed by atoms with E-state index in [0.29, 0.717) is 19.6 Å². The number of hydrogen-bond acceptors (Lipinski definition) is 5. The van der Waals surface area contributed by atoms with Gasteiger partial charge >= 0.3 is 6.18 Å². The normalized spacial score (nSPS) is 17.8. The maximum Gasteiger partial charge on any atom is 0.418 e. The van der Waals surface area contributed by atoms with E-state index in [1.165, 1.54) is 0 Å². The molecule has 7 nitrogen and oxygen atoms in total. The average Bonchev–Trinajstić information content (AvgIpc) is 2.74. The summed E-state index contributed by atoms with van der Waals surface area (Å²) in [6, 6.07) is 0.872. The Morgan fingerprint density at radius 3 is 2.67 bits per heavy atom. The Morgan fingerprint density at radius 2 is 2.07 bits per heavy atom. The number of hydrogen-bond donors (Lipinski definition) is 2. The number of amides is 2. The van der Waals surface area contributed by atoms with E-state index in [-0.39, 0.29) is 25.0 Å². The molecule has 1 aliphatic rings. The van der Waals surface area contributed by atoms with Crippen molar-refractivity contribution in [2.45, 2.75) is 64.3 Å². The first-order chi connectivity index (χ1) is 14.3. The highest BCUT2D eigenvalue weighted by Gasteiger charge is 2.37. The van der Waals surface area contributed by atoms with Crippen LogP contribution in [0.2, 0.25) is 0 Å². The topological polar surface area (TPSA) is 89.6 Å². The number of carbonyl (C=O) groups excluding carboxylic acids is 2. The van der Waals surface area contributed by atoms with E-state index in [4.69, 9.17) is 9.47 Å². The molecule has 2 amide bonds. The molecule has 2 N–H and O–H groups in total. The van der Waals surface area contributed by atoms with E-state index in [1.807, 2.05) is 6.92 Å². The van der Waals surface area contributed by atoms with Gasteiger partial charge in [-0.2, -0.15) is 13.2 Å². The highest BCUT2D eigenvalue weighted by atomic mass is 19.4. The van der Waals surface area contributed by atoms with Crippen LogP contribution in [0.25, 0.3) is 0 Å². The van der Waals surface area contributed by atoms with E-state index in [2.05, 4.69) is 15.6 Å². The predicted molar refractivity (Wildman–Crippen MR) is 103 cm³/mol. The second-order valence-electron chi connectivity index (χ2n) is 7.07. The van der Waals surface area contributed by atoms with Crippen molar-refractivity contribution in [2.75, 3.05) is 19.8 Å². The molecule has 2 heterocycles. The molecule has 0 radical (unpaired) electrons. The van der Waals surface area contributed by atoms with Gasteiger partial charge in [0.1, 0.15) is 18.3 Å². The van der Waals surface area contributed by atoms with E-state index < -0.39 is 35.3 Å². The van der Waals surface area contributed by atoms with Crippen LogP contribution in [0.5, 0.6) is 5.88 Å². The fraction of sp³-hybridized carbons (Fsp3) is 0.650. The van der Waals surface area contributed by atoms with Gasteiger partial charge in [-0.1, -0.05) is 13.8 Å². The van der Waals surface area contributed by atoms with Crippen molar-refractivity contribution in [3.8, 4) is 5.88 Å². The fourth-order valence-electron chi connectivity index (χ4n) is 2.99. The molecule has 1 fully saturated rings. The van der Waals surface area contributed by atoms with Gasteiger partial charge in [0.05, 0.1) is 11.7 Å². The summed E-state index contributed by atoms with van der Waals surface area (Å²) in [6.07, 6.45) is -1.29. The lowest BCUT2D eigenvalue weighted by Crippen LogP contribution is -2.47. The Balaban J connectivity index is 2.17. The van der Waals surface area contributed by atoms with Crippen molar-refractivity contribution >= 4 is 11.8 Å². The highest BCUT2D eigenvalue weighted by Crippen LogP contribution is 2.32. The molecule has 1 aromatic heterocycles. The van der Waals surface area contributed by atoms with Gasteiger partial charge in [-0.15, -0.1) is 0 Å². The molecule has 1 aliphatic heterocycles. The third kappa shape index (κ3) is 6.86. The lowest BCUT2D eigenvalue weighted by Gasteiger charge is -2.22. The number of halogens is 3. The monoisotopic (exact) mass is 431 g/mol. The predicted octanol–water partition coefficient (Wildman–Crippen LogP) is 3.08. The zero-order valence-electron chi connectivity index (χ0n) is 17.2. The number of rotatable bonds is 9. The Hall–Kier alpha value is -2.36. The summed E-state index contributed by atoms with van der Waals surface area (Å²) in [6.45, 7) is 4.67. The largest absolute Gasteiger partial charge is 0.475 e. The van der Waals surface area contributed by atoms with Crippen LogP contribution in [-0.2, 0) is 15.7 Å². The Labute approximate surface area is 173 Å². The molecule has 168 valence electrons. The van der Waals surface area contributed by atoms with Gasteiger partial charge < -0.3 is 20.1 Å². The highest BCUT2D eigenvalue weighted by molar-refractivity contribution is 5.97. The van der Waals surface area contributed by atoms with Crippen molar-refractivity contribution in [1.82, 2.24) is 15.6 Å². The maximum absolute atomic E-state index is 13.4. The molecule has 2 unspecified atom stereocenters. The number of ether oxygens (including phenoxy) is 2. The second-order valence-corrected chi connectivity index (χ2v) is 7.07. The Kier molecular flexibility index (Phi) is 8.88. The molecule has 0 bridgehead atoms. The van der Waals surface area contributed by atoms with Crippen LogP contribution in [0, 0.1) is 0 Å². The third-order valence-corrected chi connectivity index (χ3v) is 4.66. The molecular weight excluding hydrogens is 403 g/mol. The first-order valence-corrected chi connectivity index (χ1v) is 10.2. The minimum Gasteiger partial charge on any atom is -0.475 e. The minimum atomic E-state index is -4.78. The summed E-state index contributed by atoms with van der Waals surface area (Å²) >= 11 is 0. The number of pyridine rings is 1. The summed E-state index contributed by atoms with van der Waals surface area (Å²) in [5, 5.41) is 4.96. The summed E-state index contributed by atoms with van der Waals surface area (Å²) in [7, 11) is 0. The number of nitrogens with one attached hydrogen (secondary N) is 2. The first kappa shape index (κ1) is 23.9. The summed E-state index contributed by atoms with van der Waals surface area (Å²) in [5.41, 5.74) is -2.02. The Bertz CT molecular complexity index is 722. The fourth-order valence-corrected chi connectivity index (χ4v) is 2.99. The molecular formula is C20H28F3N3O4. The van der Waals surface area contributed by atoms with Gasteiger partial charge in [0, 0.05) is 19.2 Å². The molecule has 10 heteroatoms. The minimum absolute atomic E-state index is 0.106. The standard InChI is InChI=1S/C20H28F3N3O4/c1-3-10-24-18(27)15(4-2)25-19(28)17-14(20(21,22)23)8-9-16(26-17)30-12-13-7-5-6-11-29-13/h8-9,13,15H,3-7,10-12H2,1-2H3,(H,24,27)(H,25,28). The van der Waals surface area contributed by atoms with Gasteiger partial charge in [-0.05, 0) is 38.2 Å². The molecule has 1 aromatic rings. The van der Waals surface area contributed by atoms with Crippen molar-refractivity contribution in [1.29, 1.82) is 0 Å². The van der Waals surface area contributed by atoms with Gasteiger partial charge in [-0.25, -0.2) is 4.98 Å². The van der Waals surface area contributed by atoms with Gasteiger partial charge in [0.15, 0.2) is 0 Å². The first-order valence-electron chi connectivity index (χ1n) is 10.2. The number of nitrogens with zero attached hydrogens (tertiary/aromatic N) is 1. The van der Waals surface area contributed by atoms with Crippen molar-refractivity contribution in [2.24, 2.45) is 0 Å². The number of aromatic nitrogens is 1. The SMILES string of the molecule is CCCNC(=O)C(CC)NC(=O)c1nc(OCC2CCCCO2)ccc1C(F)(F)F. The maximum atomic E-state index is 13.4. The van der Waals surface area contributed by atoms with Crippen LogP contribution in [0.1, 0.15) is 62.0 Å². The number of carbonyl (C=O) groups is 2. The van der Waals surface area contributed by atoms with E-state index in [0.717, 1.165) is 31.4 Å². The third-order valence-electron chi connectivity index (χ3n) is 4.66. The van der Waals surface area contributed by atoms with Gasteiger partial charge in [-0.3, -0.25) is 9.59 Å². The molecule has 2 atom stereocenters. The van der Waals surface area contributed by atoms with Crippen molar-refractivity contribution in [3.63, 3.8) is 0 Å². The molecule has 0 spiro atoms. The average molecular weight is 431 g/mol. The summed E-state index contributed by atoms with van der Waals surface area (Å²) < 4.78 is 51.2. The zero-order chi connectivity index (χ0) is 22.1. The van der Waals surface area contributed by atoms with Gasteiger partial charge in [0.2, 0.25) is 11.8 Å². The molecule has 0 aromatic carbocycles. The van der Waals surface area contributed by atoms with Crippen LogP contribution in [0.15, 0.2) is 12.1 Å². The van der Waals surface area contributed by atoms with Crippen LogP contribution in [0.4, 0.5) is 13.2 Å². The second kappa shape index (κ2) is 11.1. The summed E-state index contributed by atoms with van der Waals surface area (Å²) in [5.74, 6) is -1.64. The lowest BCUT2D eigenvalue weighted by atomic mass is 10.1. The van der Waals surface area contributed by atoms with E-state index in [9.17, 15) is 22.8 Å². The van der Waals surface area contributed by atoms with Crippen LogP contribution in [-0.4, -0.2) is 48.7 Å². The smallest absolute Gasteiger partial charge is 0.418 e. The van der Waals surface area contributed by atoms with Crippen molar-refractivity contribution < 1.29 is 32.2 Å². The molecule has 0 aliphatic carbocycles. The van der Waals surface area contributed by atoms with Gasteiger partial charge in [0.25, 0.3) is 5.91 Å². The van der Waals surface area contributed by atoms with E-state index in [1.54, 1.807) is 6.92 Å². The lowest BCUT2D eigenvalue weighted by molar-refractivity contribution is -0.138. The summed E-state index contributed by atoms with van der Waals surface area (Å²) in [4.78, 5) is 28.5. The Morgan fingerprint density at radius 1 is 1.30 bits per heavy atom. The van der Waals surface area contributed by atoms with Crippen LogP contribution in [0.3, 0.4) is 0 Å². The van der Waals surface area contributed by atoms with Crippen molar-refractivity contribution in [3.05, 3.63) is 23.4 Å². The molecule has 1 saturated heterocycles. The molecule has 30 heavy (non-hydrogen) atoms. The number of alkyl halides is 3. The zero-order valence-corrected chi connectivity index (χ0v) is 17.2. The molecule has 2 rings (SSSR count).